The van der Waals surface area contributed by atoms with Crippen LogP contribution in [0.15, 0.2) is 86.1 Å². The highest BCUT2D eigenvalue weighted by Crippen LogP contribution is 2.32. The summed E-state index contributed by atoms with van der Waals surface area (Å²) in [5.74, 6) is 0.746. The van der Waals surface area contributed by atoms with Crippen LogP contribution in [0.1, 0.15) is 35.6 Å². The second-order valence-electron chi connectivity index (χ2n) is 8.96. The topological polar surface area (TPSA) is 92.3 Å². The number of hydrogen-bond acceptors (Lipinski definition) is 8. The van der Waals surface area contributed by atoms with Crippen molar-refractivity contribution < 1.29 is 36.6 Å². The first kappa shape index (κ1) is 28.0. The molecule has 3 heterocycles. The Bertz CT molecular complexity index is 1820. The van der Waals surface area contributed by atoms with Crippen LogP contribution < -0.4 is 24.4 Å². The van der Waals surface area contributed by atoms with Gasteiger partial charge in [-0.05, 0) is 55.0 Å². The van der Waals surface area contributed by atoms with E-state index < -0.39 is 23.8 Å². The number of hydrogen-bond donors (Lipinski definition) is 0. The number of methoxy groups -OCH3 is 2. The number of aromatic nitrogens is 1. The average molecular weight is 585 g/mol. The van der Waals surface area contributed by atoms with Crippen molar-refractivity contribution in [2.75, 3.05) is 14.2 Å². The molecule has 2 aromatic heterocycles. The minimum atomic E-state index is -4.48. The summed E-state index contributed by atoms with van der Waals surface area (Å²) in [6, 6.07) is 14.0. The van der Waals surface area contributed by atoms with E-state index in [0.717, 1.165) is 23.5 Å². The van der Waals surface area contributed by atoms with Crippen LogP contribution >= 0.6 is 11.3 Å². The standard InChI is InChI=1S/C29H23F3N2O6S/c1-16-24(27(36)38-3)25(17-7-9-19(37-2)10-8-17)34-26(35)23(41-28(34)33-16)14-21-11-12-22(40-21)15-39-20-6-4-5-18(13-20)29(30,31)32/h4-14,25H,15H2,1-3H3/t25-/m0/s1. The van der Waals surface area contributed by atoms with E-state index in [1.165, 1.54) is 23.8 Å². The molecule has 4 aromatic rings. The van der Waals surface area contributed by atoms with E-state index in [4.69, 9.17) is 18.6 Å². The number of alkyl halides is 3. The van der Waals surface area contributed by atoms with Crippen molar-refractivity contribution in [2.24, 2.45) is 4.99 Å². The van der Waals surface area contributed by atoms with Gasteiger partial charge in [0.05, 0.1) is 41.6 Å². The Balaban J connectivity index is 1.47. The van der Waals surface area contributed by atoms with Gasteiger partial charge in [-0.1, -0.05) is 29.5 Å². The second-order valence-corrected chi connectivity index (χ2v) is 9.97. The van der Waals surface area contributed by atoms with Gasteiger partial charge in [0.25, 0.3) is 5.56 Å². The summed E-state index contributed by atoms with van der Waals surface area (Å²) in [6.45, 7) is 1.57. The molecule has 0 saturated heterocycles. The molecule has 0 N–H and O–H groups in total. The van der Waals surface area contributed by atoms with Crippen LogP contribution in [0.5, 0.6) is 11.5 Å². The molecule has 0 unspecified atom stereocenters. The molecule has 212 valence electrons. The van der Waals surface area contributed by atoms with E-state index in [2.05, 4.69) is 4.99 Å². The molecule has 0 bridgehead atoms. The quantitative estimate of drug-likeness (QED) is 0.295. The minimum Gasteiger partial charge on any atom is -0.497 e. The number of fused-ring (bicyclic) bond motifs is 1. The number of ether oxygens (including phenoxy) is 3. The smallest absolute Gasteiger partial charge is 0.416 e. The Labute approximate surface area is 235 Å². The van der Waals surface area contributed by atoms with Gasteiger partial charge in [-0.2, -0.15) is 13.2 Å². The first-order valence-corrected chi connectivity index (χ1v) is 13.0. The van der Waals surface area contributed by atoms with E-state index in [9.17, 15) is 22.8 Å². The summed E-state index contributed by atoms with van der Waals surface area (Å²) in [6.07, 6.45) is -2.94. The molecule has 12 heteroatoms. The summed E-state index contributed by atoms with van der Waals surface area (Å²) in [4.78, 5) is 31.3. The molecule has 0 radical (unpaired) electrons. The number of thiazole rings is 1. The van der Waals surface area contributed by atoms with E-state index in [1.807, 2.05) is 0 Å². The Kier molecular flexibility index (Phi) is 7.59. The molecule has 5 rings (SSSR count). The second kappa shape index (κ2) is 11.1. The zero-order valence-corrected chi connectivity index (χ0v) is 22.8. The number of rotatable bonds is 7. The van der Waals surface area contributed by atoms with E-state index in [0.29, 0.717) is 37.9 Å². The molecule has 41 heavy (non-hydrogen) atoms. The van der Waals surface area contributed by atoms with Gasteiger partial charge in [0.2, 0.25) is 0 Å². The molecule has 0 fully saturated rings. The van der Waals surface area contributed by atoms with Crippen LogP contribution in [0.2, 0.25) is 0 Å². The summed E-state index contributed by atoms with van der Waals surface area (Å²) in [7, 11) is 2.81. The molecule has 1 atom stereocenters. The van der Waals surface area contributed by atoms with Gasteiger partial charge in [-0.25, -0.2) is 9.79 Å². The van der Waals surface area contributed by atoms with Gasteiger partial charge in [0.1, 0.15) is 29.6 Å². The molecular weight excluding hydrogens is 561 g/mol. The molecule has 1 aliphatic heterocycles. The van der Waals surface area contributed by atoms with Crippen molar-refractivity contribution in [3.63, 3.8) is 0 Å². The molecule has 0 aliphatic carbocycles. The monoisotopic (exact) mass is 584 g/mol. The third-order valence-corrected chi connectivity index (χ3v) is 7.34. The van der Waals surface area contributed by atoms with Crippen LogP contribution in [0.3, 0.4) is 0 Å². The van der Waals surface area contributed by atoms with Gasteiger partial charge in [0.15, 0.2) is 4.80 Å². The first-order valence-electron chi connectivity index (χ1n) is 12.2. The number of nitrogens with zero attached hydrogens (tertiary/aromatic N) is 2. The Morgan fingerprint density at radius 2 is 1.85 bits per heavy atom. The van der Waals surface area contributed by atoms with Crippen molar-refractivity contribution in [1.29, 1.82) is 0 Å². The van der Waals surface area contributed by atoms with Gasteiger partial charge in [0, 0.05) is 6.08 Å². The lowest BCUT2D eigenvalue weighted by molar-refractivity contribution is -0.138. The third-order valence-electron chi connectivity index (χ3n) is 6.36. The summed E-state index contributed by atoms with van der Waals surface area (Å²) in [5.41, 5.74) is 0.131. The maximum atomic E-state index is 13.6. The predicted molar refractivity (Wildman–Crippen MR) is 143 cm³/mol. The third kappa shape index (κ3) is 5.68. The fraction of sp³-hybridized carbons (Fsp3) is 0.207. The Hall–Kier alpha value is -4.58. The Morgan fingerprint density at radius 3 is 2.54 bits per heavy atom. The number of halogens is 3. The lowest BCUT2D eigenvalue weighted by Crippen LogP contribution is -2.39. The highest BCUT2D eigenvalue weighted by atomic mass is 32.1. The van der Waals surface area contributed by atoms with Crippen LogP contribution in [0, 0.1) is 0 Å². The predicted octanol–water partition coefficient (Wildman–Crippen LogP) is 4.61. The van der Waals surface area contributed by atoms with E-state index >= 15 is 0 Å². The maximum Gasteiger partial charge on any atom is 0.416 e. The highest BCUT2D eigenvalue weighted by molar-refractivity contribution is 7.07. The number of benzene rings is 2. The number of furan rings is 1. The molecule has 0 spiro atoms. The largest absolute Gasteiger partial charge is 0.497 e. The Morgan fingerprint density at radius 1 is 1.10 bits per heavy atom. The molecule has 8 nitrogen and oxygen atoms in total. The lowest BCUT2D eigenvalue weighted by Gasteiger charge is -2.24. The molecule has 0 saturated carbocycles. The number of esters is 1. The fourth-order valence-electron chi connectivity index (χ4n) is 4.39. The molecule has 2 aromatic carbocycles. The van der Waals surface area contributed by atoms with Crippen LogP contribution in [0.25, 0.3) is 6.08 Å². The van der Waals surface area contributed by atoms with Gasteiger partial charge < -0.3 is 18.6 Å². The minimum absolute atomic E-state index is 0.0430. The number of carbonyl (C=O) groups is 1. The fourth-order valence-corrected chi connectivity index (χ4v) is 5.42. The van der Waals surface area contributed by atoms with Crippen LogP contribution in [0.4, 0.5) is 13.2 Å². The van der Waals surface area contributed by atoms with Crippen LogP contribution in [-0.4, -0.2) is 24.8 Å². The lowest BCUT2D eigenvalue weighted by atomic mass is 9.96. The van der Waals surface area contributed by atoms with Crippen molar-refractivity contribution in [1.82, 2.24) is 4.57 Å². The van der Waals surface area contributed by atoms with Crippen molar-refractivity contribution in [3.05, 3.63) is 114 Å². The number of carbonyl (C=O) groups excluding carboxylic acids is 1. The van der Waals surface area contributed by atoms with Crippen molar-refractivity contribution in [3.8, 4) is 11.5 Å². The van der Waals surface area contributed by atoms with Crippen molar-refractivity contribution >= 4 is 23.4 Å². The summed E-state index contributed by atoms with van der Waals surface area (Å²) in [5, 5.41) is 0. The summed E-state index contributed by atoms with van der Waals surface area (Å²) < 4.78 is 62.1. The molecule has 0 amide bonds. The summed E-state index contributed by atoms with van der Waals surface area (Å²) >= 11 is 1.13. The van der Waals surface area contributed by atoms with Gasteiger partial charge in [-0.3, -0.25) is 9.36 Å². The first-order chi connectivity index (χ1) is 19.6. The van der Waals surface area contributed by atoms with E-state index in [-0.39, 0.29) is 23.5 Å². The highest BCUT2D eigenvalue weighted by Gasteiger charge is 2.33. The average Bonchev–Trinajstić information content (AvgIpc) is 3.54. The van der Waals surface area contributed by atoms with Crippen molar-refractivity contribution in [2.45, 2.75) is 25.7 Å². The maximum absolute atomic E-state index is 13.6. The zero-order chi connectivity index (χ0) is 29.3. The SMILES string of the molecule is COC(=O)C1=C(C)N=c2sc(=Cc3ccc(COc4cccc(C(F)(F)F)c4)o3)c(=O)n2[C@H]1c1ccc(OC)cc1. The van der Waals surface area contributed by atoms with Crippen LogP contribution in [-0.2, 0) is 22.3 Å². The zero-order valence-electron chi connectivity index (χ0n) is 22.0. The number of allylic oxidation sites excluding steroid dienone is 1. The van der Waals surface area contributed by atoms with Gasteiger partial charge >= 0.3 is 12.1 Å². The van der Waals surface area contributed by atoms with Gasteiger partial charge in [-0.15, -0.1) is 0 Å². The molecule has 1 aliphatic rings. The molecular formula is C29H23F3N2O6S. The van der Waals surface area contributed by atoms with E-state index in [1.54, 1.807) is 56.5 Å². The normalized spacial score (nSPS) is 15.4.